The lowest BCUT2D eigenvalue weighted by molar-refractivity contribution is -0.144. The van der Waals surface area contributed by atoms with E-state index in [1.54, 1.807) is 36.4 Å². The van der Waals surface area contributed by atoms with Crippen LogP contribution in [0, 0.1) is 29.5 Å². The van der Waals surface area contributed by atoms with E-state index in [4.69, 9.17) is 27.9 Å². The predicted molar refractivity (Wildman–Crippen MR) is 215 cm³/mol. The summed E-state index contributed by atoms with van der Waals surface area (Å²) in [5.74, 6) is -6.14. The van der Waals surface area contributed by atoms with Crippen molar-refractivity contribution in [2.24, 2.45) is 23.7 Å². The van der Waals surface area contributed by atoms with Crippen molar-refractivity contribution in [3.63, 3.8) is 0 Å². The van der Waals surface area contributed by atoms with Crippen LogP contribution in [-0.4, -0.2) is 69.8 Å². The second-order valence-corrected chi connectivity index (χ2v) is 16.8. The Morgan fingerprint density at radius 3 is 2.28 bits per heavy atom. The second kappa shape index (κ2) is 14.9. The molecule has 4 aromatic carbocycles. The van der Waals surface area contributed by atoms with Crippen molar-refractivity contribution < 1.29 is 33.4 Å². The van der Waals surface area contributed by atoms with Gasteiger partial charge in [0.15, 0.2) is 11.5 Å². The number of hydrazine groups is 1. The van der Waals surface area contributed by atoms with Gasteiger partial charge in [-0.05, 0) is 96.8 Å². The fourth-order valence-electron chi connectivity index (χ4n) is 10.5. The number of carbonyl (C=O) groups excluding carboxylic acids is 4. The number of aromatic hydroxyl groups is 1. The Hall–Kier alpha value is -5.23. The average Bonchev–Trinajstić information content (AvgIpc) is 3.61. The number of anilines is 1. The van der Waals surface area contributed by atoms with Crippen molar-refractivity contribution in [1.29, 1.82) is 0 Å². The summed E-state index contributed by atoms with van der Waals surface area (Å²) in [5.41, 5.74) is 4.61. The quantitative estimate of drug-likeness (QED) is 0.139. The Morgan fingerprint density at radius 2 is 1.59 bits per heavy atom. The molecule has 4 fully saturated rings. The minimum Gasteiger partial charge on any atom is -0.503 e. The first-order valence-electron chi connectivity index (χ1n) is 19.6. The van der Waals surface area contributed by atoms with Crippen molar-refractivity contribution >= 4 is 52.5 Å². The Morgan fingerprint density at radius 1 is 0.879 bits per heavy atom. The van der Waals surface area contributed by atoms with Gasteiger partial charge in [-0.3, -0.25) is 34.4 Å². The zero-order valence-electron chi connectivity index (χ0n) is 31.6. The number of carbonyl (C=O) groups is 4. The number of imide groups is 2. The molecular weight excluding hydrogens is 782 g/mol. The molecule has 2 aliphatic carbocycles. The molecule has 6 unspecified atom stereocenters. The molecule has 58 heavy (non-hydrogen) atoms. The van der Waals surface area contributed by atoms with Gasteiger partial charge in [-0.25, -0.2) is 4.39 Å². The topological polar surface area (TPSA) is 119 Å². The molecule has 10 nitrogen and oxygen atoms in total. The molecule has 2 N–H and O–H groups in total. The first kappa shape index (κ1) is 38.3. The number of allylic oxidation sites excluding steroid dienone is 2. The Balaban J connectivity index is 1.13. The molecule has 13 heteroatoms. The van der Waals surface area contributed by atoms with Gasteiger partial charge < -0.3 is 9.84 Å². The van der Waals surface area contributed by atoms with Gasteiger partial charge >= 0.3 is 0 Å². The largest absolute Gasteiger partial charge is 0.503 e. The van der Waals surface area contributed by atoms with E-state index in [-0.39, 0.29) is 47.2 Å². The van der Waals surface area contributed by atoms with E-state index < -0.39 is 52.6 Å². The van der Waals surface area contributed by atoms with E-state index in [0.717, 1.165) is 30.2 Å². The maximum atomic E-state index is 15.4. The number of benzene rings is 4. The molecule has 0 aromatic heterocycles. The molecule has 3 aliphatic heterocycles. The van der Waals surface area contributed by atoms with Crippen LogP contribution < -0.4 is 10.2 Å². The lowest BCUT2D eigenvalue weighted by atomic mass is 9.49. The maximum absolute atomic E-state index is 15.4. The lowest BCUT2D eigenvalue weighted by Gasteiger charge is -2.50. The summed E-state index contributed by atoms with van der Waals surface area (Å²) in [5, 5.41) is 12.3. The summed E-state index contributed by atoms with van der Waals surface area (Å²) in [6, 6.07) is 25.3. The lowest BCUT2D eigenvalue weighted by Crippen LogP contribution is -2.53. The first-order valence-corrected chi connectivity index (χ1v) is 20.3. The number of halogens is 3. The maximum Gasteiger partial charge on any atom is 0.260 e. The van der Waals surface area contributed by atoms with Gasteiger partial charge in [0.1, 0.15) is 5.82 Å². The first-order chi connectivity index (χ1) is 28.0. The number of likely N-dealkylation sites (tertiary alicyclic amines) is 2. The zero-order chi connectivity index (χ0) is 40.5. The number of rotatable bonds is 8. The van der Waals surface area contributed by atoms with Crippen LogP contribution in [0.3, 0.4) is 0 Å². The van der Waals surface area contributed by atoms with E-state index in [9.17, 15) is 23.9 Å². The number of hydrogen-bond donors (Lipinski definition) is 2. The Labute approximate surface area is 345 Å². The van der Waals surface area contributed by atoms with Crippen molar-refractivity contribution in [3.05, 3.63) is 135 Å². The smallest absolute Gasteiger partial charge is 0.260 e. The van der Waals surface area contributed by atoms with Crippen LogP contribution in [0.1, 0.15) is 48.3 Å². The minimum absolute atomic E-state index is 0.0245. The average molecular weight is 824 g/mol. The van der Waals surface area contributed by atoms with Gasteiger partial charge in [-0.15, -0.1) is 0 Å². The van der Waals surface area contributed by atoms with E-state index in [0.29, 0.717) is 34.7 Å². The second-order valence-electron chi connectivity index (χ2n) is 16.0. The molecule has 0 bridgehead atoms. The number of piperidine rings is 1. The zero-order valence-corrected chi connectivity index (χ0v) is 33.1. The Kier molecular flexibility index (Phi) is 9.81. The third kappa shape index (κ3) is 6.08. The summed E-state index contributed by atoms with van der Waals surface area (Å²) in [6.45, 7) is 2.27. The summed E-state index contributed by atoms with van der Waals surface area (Å²) in [7, 11) is 1.39. The number of phenolic OH excluding ortho intramolecular Hbond substituents is 1. The summed E-state index contributed by atoms with van der Waals surface area (Å²) < 4.78 is 19.5. The molecule has 9 rings (SSSR count). The normalized spacial score (nSPS) is 27.3. The third-order valence-corrected chi connectivity index (χ3v) is 13.6. The molecule has 3 heterocycles. The highest BCUT2D eigenvalue weighted by Crippen LogP contribution is 2.65. The highest BCUT2D eigenvalue weighted by atomic mass is 35.5. The van der Waals surface area contributed by atoms with E-state index >= 15 is 4.79 Å². The van der Waals surface area contributed by atoms with Gasteiger partial charge in [0, 0.05) is 36.6 Å². The van der Waals surface area contributed by atoms with Crippen LogP contribution in [0.4, 0.5) is 10.1 Å². The van der Waals surface area contributed by atoms with Gasteiger partial charge in [-0.1, -0.05) is 77.3 Å². The monoisotopic (exact) mass is 822 g/mol. The molecule has 6 atom stereocenters. The number of nitrogens with zero attached hydrogens (tertiary/aromatic N) is 3. The molecule has 5 aliphatic rings. The molecule has 4 aromatic rings. The minimum atomic E-state index is -1.61. The number of ether oxygens (including phenoxy) is 1. The fourth-order valence-corrected chi connectivity index (χ4v) is 10.9. The summed E-state index contributed by atoms with van der Waals surface area (Å²) >= 11 is 13.1. The van der Waals surface area contributed by atoms with E-state index in [1.807, 2.05) is 24.3 Å². The standard InChI is InChI=1S/C45H41Cl2FN4O6/c1-58-37-22-26(21-36(47)40(37)53)39-32-15-16-33-38(43(56)51(41(33)54)31-17-19-50(20-18-31)24-25-5-3-2-4-6-25)34(32)23-35-42(55)52(49-30-13-11-29(48)12-14-30)44(57)45(35,39)27-7-9-28(46)10-8-27/h2-15,21-22,31,33-35,38-39,49,53H,16-20,23-24H2,1H3. The van der Waals surface area contributed by atoms with Gasteiger partial charge in [-0.2, -0.15) is 5.01 Å². The molecule has 298 valence electrons. The number of methoxy groups -OCH3 is 1. The molecule has 0 spiro atoms. The molecule has 1 saturated carbocycles. The molecule has 3 saturated heterocycles. The number of fused-ring (bicyclic) bond motifs is 4. The van der Waals surface area contributed by atoms with Crippen LogP contribution >= 0.6 is 23.2 Å². The molecule has 4 amide bonds. The van der Waals surface area contributed by atoms with Crippen LogP contribution in [0.2, 0.25) is 10.0 Å². The van der Waals surface area contributed by atoms with E-state index in [2.05, 4.69) is 22.5 Å². The Bertz CT molecular complexity index is 2340. The molecular formula is C45H41Cl2FN4O6. The van der Waals surface area contributed by atoms with Crippen LogP contribution in [-0.2, 0) is 31.1 Å². The highest BCUT2D eigenvalue weighted by Gasteiger charge is 2.70. The van der Waals surface area contributed by atoms with Gasteiger partial charge in [0.2, 0.25) is 11.8 Å². The van der Waals surface area contributed by atoms with Crippen molar-refractivity contribution in [1.82, 2.24) is 14.8 Å². The molecule has 0 radical (unpaired) electrons. The number of amides is 4. The third-order valence-electron chi connectivity index (χ3n) is 13.1. The highest BCUT2D eigenvalue weighted by molar-refractivity contribution is 6.32. The van der Waals surface area contributed by atoms with Crippen molar-refractivity contribution in [2.45, 2.75) is 49.6 Å². The van der Waals surface area contributed by atoms with Gasteiger partial charge in [0.25, 0.3) is 11.8 Å². The van der Waals surface area contributed by atoms with E-state index in [1.165, 1.54) is 41.8 Å². The fraction of sp³-hybridized carbons (Fsp3) is 0.333. The van der Waals surface area contributed by atoms with Crippen LogP contribution in [0.15, 0.2) is 103 Å². The van der Waals surface area contributed by atoms with Crippen LogP contribution in [0.25, 0.3) is 0 Å². The summed E-state index contributed by atoms with van der Waals surface area (Å²) in [4.78, 5) is 63.4. The van der Waals surface area contributed by atoms with Crippen molar-refractivity contribution in [3.8, 4) is 11.5 Å². The van der Waals surface area contributed by atoms with Crippen molar-refractivity contribution in [2.75, 3.05) is 25.6 Å². The SMILES string of the molecule is COc1cc(C2C3=CCC4C(=O)N(C5CCN(Cc6ccccc6)CC5)C(=O)C4C3CC3C(=O)N(Nc4ccc(F)cc4)C(=O)C32c2ccc(Cl)cc2)cc(Cl)c1O. The van der Waals surface area contributed by atoms with Gasteiger partial charge in [0.05, 0.1) is 41.0 Å². The number of nitrogens with one attached hydrogen (secondary N) is 1. The number of hydrogen-bond acceptors (Lipinski definition) is 8. The summed E-state index contributed by atoms with van der Waals surface area (Å²) in [6.07, 6.45) is 3.65. The predicted octanol–water partition coefficient (Wildman–Crippen LogP) is 7.50. The number of phenols is 1. The van der Waals surface area contributed by atoms with Crippen LogP contribution in [0.5, 0.6) is 11.5 Å².